The minimum absolute atomic E-state index is 0.130. The maximum absolute atomic E-state index is 12.5. The molecule has 0 saturated carbocycles. The second kappa shape index (κ2) is 6.70. The molecule has 0 radical (unpaired) electrons. The van der Waals surface area contributed by atoms with Crippen LogP contribution < -0.4 is 10.5 Å². The average Bonchev–Trinajstić information content (AvgIpc) is 2.47. The predicted octanol–water partition coefficient (Wildman–Crippen LogP) is 3.53. The Hall–Kier alpha value is -2.21. The summed E-state index contributed by atoms with van der Waals surface area (Å²) in [6, 6.07) is 11.2. The number of nitrogens with two attached hydrogens (primary N) is 1. The number of hydrogen-bond donors (Lipinski definition) is 2. The summed E-state index contributed by atoms with van der Waals surface area (Å²) >= 11 is 0. The molecule has 22 heavy (non-hydrogen) atoms. The highest BCUT2D eigenvalue weighted by Crippen LogP contribution is 2.30. The number of hydrogen-bond acceptors (Lipinski definition) is 3. The second-order valence-corrected chi connectivity index (χ2v) is 4.86. The fourth-order valence-electron chi connectivity index (χ4n) is 2.02. The van der Waals surface area contributed by atoms with Gasteiger partial charge in [-0.05, 0) is 42.0 Å². The summed E-state index contributed by atoms with van der Waals surface area (Å²) in [5.74, 6) is 0.312. The first-order chi connectivity index (χ1) is 10.4. The van der Waals surface area contributed by atoms with Crippen LogP contribution in [0.4, 0.5) is 13.2 Å². The molecule has 2 aromatic rings. The number of phenolic OH excluding ortho intramolecular Hbond substituents is 1. The van der Waals surface area contributed by atoms with E-state index in [2.05, 4.69) is 0 Å². The molecule has 1 atom stereocenters. The predicted molar refractivity (Wildman–Crippen MR) is 76.8 cm³/mol. The van der Waals surface area contributed by atoms with Crippen molar-refractivity contribution in [3.05, 3.63) is 59.7 Å². The van der Waals surface area contributed by atoms with E-state index in [-0.39, 0.29) is 18.3 Å². The van der Waals surface area contributed by atoms with Crippen LogP contribution in [0.5, 0.6) is 11.5 Å². The Morgan fingerprint density at radius 3 is 2.32 bits per heavy atom. The van der Waals surface area contributed by atoms with Crippen LogP contribution in [-0.4, -0.2) is 18.3 Å². The zero-order chi connectivity index (χ0) is 16.2. The van der Waals surface area contributed by atoms with Gasteiger partial charge in [0.25, 0.3) is 0 Å². The fourth-order valence-corrected chi connectivity index (χ4v) is 2.02. The summed E-state index contributed by atoms with van der Waals surface area (Å²) in [6.07, 6.45) is -4.36. The van der Waals surface area contributed by atoms with E-state index in [1.807, 2.05) is 6.07 Å². The van der Waals surface area contributed by atoms with Gasteiger partial charge in [0.1, 0.15) is 11.5 Å². The normalized spacial score (nSPS) is 12.9. The van der Waals surface area contributed by atoms with Crippen LogP contribution in [0.1, 0.15) is 17.0 Å². The van der Waals surface area contributed by atoms with E-state index in [1.165, 1.54) is 12.1 Å². The standard InChI is InChI=1S/C16H16F3NO2/c17-16(18,19)13-4-6-15(7-5-13)22-10-12(9-20)11-2-1-3-14(21)8-11/h1-8,12,21H,9-10,20H2. The van der Waals surface area contributed by atoms with Gasteiger partial charge in [0, 0.05) is 12.5 Å². The molecule has 0 fully saturated rings. The van der Waals surface area contributed by atoms with Crippen LogP contribution in [0.3, 0.4) is 0 Å². The smallest absolute Gasteiger partial charge is 0.416 e. The highest BCUT2D eigenvalue weighted by atomic mass is 19.4. The number of halogens is 3. The molecule has 0 spiro atoms. The Kier molecular flexibility index (Phi) is 4.92. The van der Waals surface area contributed by atoms with Crippen LogP contribution >= 0.6 is 0 Å². The third kappa shape index (κ3) is 4.14. The van der Waals surface area contributed by atoms with E-state index >= 15 is 0 Å². The van der Waals surface area contributed by atoms with Crippen molar-refractivity contribution in [3.63, 3.8) is 0 Å². The molecule has 0 aromatic heterocycles. The molecule has 2 aromatic carbocycles. The van der Waals surface area contributed by atoms with Crippen molar-refractivity contribution in [1.29, 1.82) is 0 Å². The van der Waals surface area contributed by atoms with Gasteiger partial charge in [0.05, 0.1) is 12.2 Å². The Bertz CT molecular complexity index is 612. The van der Waals surface area contributed by atoms with Gasteiger partial charge in [-0.15, -0.1) is 0 Å². The van der Waals surface area contributed by atoms with Crippen molar-refractivity contribution in [3.8, 4) is 11.5 Å². The van der Waals surface area contributed by atoms with E-state index in [9.17, 15) is 18.3 Å². The van der Waals surface area contributed by atoms with E-state index in [0.29, 0.717) is 12.3 Å². The largest absolute Gasteiger partial charge is 0.508 e. The van der Waals surface area contributed by atoms with E-state index in [0.717, 1.165) is 17.7 Å². The number of benzene rings is 2. The highest BCUT2D eigenvalue weighted by Gasteiger charge is 2.30. The van der Waals surface area contributed by atoms with Gasteiger partial charge in [-0.2, -0.15) is 13.2 Å². The molecule has 0 heterocycles. The Morgan fingerprint density at radius 2 is 1.77 bits per heavy atom. The van der Waals surface area contributed by atoms with Crippen molar-refractivity contribution in [1.82, 2.24) is 0 Å². The molecule has 3 nitrogen and oxygen atoms in total. The third-order valence-electron chi connectivity index (χ3n) is 3.26. The van der Waals surface area contributed by atoms with Crippen molar-refractivity contribution in [2.45, 2.75) is 12.1 Å². The van der Waals surface area contributed by atoms with Gasteiger partial charge in [0.2, 0.25) is 0 Å². The van der Waals surface area contributed by atoms with E-state index < -0.39 is 11.7 Å². The molecule has 3 N–H and O–H groups in total. The third-order valence-corrected chi connectivity index (χ3v) is 3.26. The van der Waals surface area contributed by atoms with Crippen molar-refractivity contribution in [2.24, 2.45) is 5.73 Å². The molecule has 0 aliphatic carbocycles. The quantitative estimate of drug-likeness (QED) is 0.888. The topological polar surface area (TPSA) is 55.5 Å². The number of alkyl halides is 3. The van der Waals surface area contributed by atoms with Gasteiger partial charge < -0.3 is 15.6 Å². The first kappa shape index (κ1) is 16.2. The molecule has 2 rings (SSSR count). The minimum atomic E-state index is -4.36. The monoisotopic (exact) mass is 311 g/mol. The molecule has 6 heteroatoms. The van der Waals surface area contributed by atoms with Crippen LogP contribution in [0.15, 0.2) is 48.5 Å². The molecule has 1 unspecified atom stereocenters. The van der Waals surface area contributed by atoms with Crippen molar-refractivity contribution < 1.29 is 23.0 Å². The second-order valence-electron chi connectivity index (χ2n) is 4.86. The van der Waals surface area contributed by atoms with Gasteiger partial charge in [0.15, 0.2) is 0 Å². The Labute approximate surface area is 126 Å². The van der Waals surface area contributed by atoms with Crippen molar-refractivity contribution >= 4 is 0 Å². The maximum Gasteiger partial charge on any atom is 0.416 e. The minimum Gasteiger partial charge on any atom is -0.508 e. The molecule has 0 aliphatic heterocycles. The van der Waals surface area contributed by atoms with E-state index in [1.54, 1.807) is 18.2 Å². The van der Waals surface area contributed by atoms with Crippen molar-refractivity contribution in [2.75, 3.05) is 13.2 Å². The lowest BCUT2D eigenvalue weighted by Gasteiger charge is -2.17. The average molecular weight is 311 g/mol. The van der Waals surface area contributed by atoms with Crippen LogP contribution in [0.2, 0.25) is 0 Å². The van der Waals surface area contributed by atoms with Crippen LogP contribution in [0.25, 0.3) is 0 Å². The molecule has 0 amide bonds. The molecule has 0 aliphatic rings. The highest BCUT2D eigenvalue weighted by molar-refractivity contribution is 5.31. The summed E-state index contributed by atoms with van der Waals surface area (Å²) < 4.78 is 42.9. The lowest BCUT2D eigenvalue weighted by molar-refractivity contribution is -0.137. The summed E-state index contributed by atoms with van der Waals surface area (Å²) in [4.78, 5) is 0. The number of phenols is 1. The Balaban J connectivity index is 2.02. The van der Waals surface area contributed by atoms with Gasteiger partial charge in [-0.1, -0.05) is 12.1 Å². The number of aromatic hydroxyl groups is 1. The molecule has 0 bridgehead atoms. The van der Waals surface area contributed by atoms with E-state index in [4.69, 9.17) is 10.5 Å². The fraction of sp³-hybridized carbons (Fsp3) is 0.250. The number of ether oxygens (including phenoxy) is 1. The SMILES string of the molecule is NCC(COc1ccc(C(F)(F)F)cc1)c1cccc(O)c1. The van der Waals surface area contributed by atoms with Crippen LogP contribution in [-0.2, 0) is 6.18 Å². The molecule has 0 saturated heterocycles. The summed E-state index contributed by atoms with van der Waals surface area (Å²) in [7, 11) is 0. The molecular weight excluding hydrogens is 295 g/mol. The zero-order valence-corrected chi connectivity index (χ0v) is 11.7. The van der Waals surface area contributed by atoms with Gasteiger partial charge in [-0.3, -0.25) is 0 Å². The first-order valence-electron chi connectivity index (χ1n) is 6.69. The molecular formula is C16H16F3NO2. The summed E-state index contributed by atoms with van der Waals surface area (Å²) in [6.45, 7) is 0.509. The van der Waals surface area contributed by atoms with Crippen LogP contribution in [0, 0.1) is 0 Å². The zero-order valence-electron chi connectivity index (χ0n) is 11.7. The Morgan fingerprint density at radius 1 is 1.09 bits per heavy atom. The first-order valence-corrected chi connectivity index (χ1v) is 6.69. The number of rotatable bonds is 5. The van der Waals surface area contributed by atoms with Gasteiger partial charge in [-0.25, -0.2) is 0 Å². The van der Waals surface area contributed by atoms with Gasteiger partial charge >= 0.3 is 6.18 Å². The maximum atomic E-state index is 12.5. The summed E-state index contributed by atoms with van der Waals surface area (Å²) in [5, 5.41) is 9.46. The lowest BCUT2D eigenvalue weighted by atomic mass is 10.00. The molecule has 118 valence electrons. The summed E-state index contributed by atoms with van der Waals surface area (Å²) in [5.41, 5.74) is 5.78. The lowest BCUT2D eigenvalue weighted by Crippen LogP contribution is -2.19.